The minimum absolute atomic E-state index is 0.0426. The Morgan fingerprint density at radius 2 is 2.10 bits per heavy atom. The van der Waals surface area contributed by atoms with E-state index in [0.29, 0.717) is 17.7 Å². The fourth-order valence-electron chi connectivity index (χ4n) is 2.87. The lowest BCUT2D eigenvalue weighted by molar-refractivity contribution is -0.353. The summed E-state index contributed by atoms with van der Waals surface area (Å²) in [7, 11) is 0. The molecule has 0 aliphatic heterocycles. The summed E-state index contributed by atoms with van der Waals surface area (Å²) in [6.07, 6.45) is -3.33. The highest BCUT2D eigenvalue weighted by molar-refractivity contribution is 6.30. The van der Waals surface area contributed by atoms with Crippen LogP contribution in [0.25, 0.3) is 5.57 Å². The van der Waals surface area contributed by atoms with Gasteiger partial charge in [-0.3, -0.25) is 9.53 Å². The predicted octanol–water partition coefficient (Wildman–Crippen LogP) is 3.91. The van der Waals surface area contributed by atoms with Crippen LogP contribution in [0.5, 0.6) is 5.75 Å². The molecule has 31 heavy (non-hydrogen) atoms. The van der Waals surface area contributed by atoms with Crippen LogP contribution in [0.4, 0.5) is 17.6 Å². The number of nitrogens with zero attached hydrogens (tertiary/aromatic N) is 3. The molecule has 3 rings (SSSR count). The number of nitrogens with one attached hydrogen (secondary N) is 1. The number of ether oxygens (including phenoxy) is 2. The van der Waals surface area contributed by atoms with Crippen LogP contribution in [0.2, 0.25) is 5.02 Å². The molecule has 2 aromatic rings. The fraction of sp³-hybridized carbons (Fsp3) is 0.421. The van der Waals surface area contributed by atoms with Crippen molar-refractivity contribution < 1.29 is 31.8 Å². The lowest BCUT2D eigenvalue weighted by Gasteiger charge is -2.34. The van der Waals surface area contributed by atoms with E-state index < -0.39 is 24.2 Å². The molecule has 0 bridgehead atoms. The molecule has 0 spiro atoms. The number of halogens is 5. The lowest BCUT2D eigenvalue weighted by Crippen LogP contribution is -2.38. The Labute approximate surface area is 180 Å². The van der Waals surface area contributed by atoms with Gasteiger partial charge in [0.2, 0.25) is 0 Å². The molecule has 1 amide bonds. The fourth-order valence-corrected chi connectivity index (χ4v) is 2.99. The molecule has 1 aromatic heterocycles. The molecule has 12 heteroatoms. The Hall–Kier alpha value is -2.66. The van der Waals surface area contributed by atoms with Crippen molar-refractivity contribution in [3.05, 3.63) is 47.5 Å². The second-order valence-corrected chi connectivity index (χ2v) is 7.34. The van der Waals surface area contributed by atoms with Gasteiger partial charge in [0.25, 0.3) is 5.91 Å². The molecule has 1 aliphatic carbocycles. The number of amides is 1. The third-order valence-corrected chi connectivity index (χ3v) is 4.88. The average molecular weight is 463 g/mol. The molecule has 1 aliphatic rings. The summed E-state index contributed by atoms with van der Waals surface area (Å²) in [5.41, 5.74) is 1.09. The summed E-state index contributed by atoms with van der Waals surface area (Å²) in [6, 6.07) is 3.60. The van der Waals surface area contributed by atoms with E-state index >= 15 is 0 Å². The van der Waals surface area contributed by atoms with Gasteiger partial charge in [0.15, 0.2) is 6.61 Å². The number of hydrogen-bond donors (Lipinski definition) is 1. The third-order valence-electron chi connectivity index (χ3n) is 4.58. The summed E-state index contributed by atoms with van der Waals surface area (Å²) in [5, 5.41) is 10.9. The molecule has 0 saturated heterocycles. The first-order valence-corrected chi connectivity index (χ1v) is 9.67. The van der Waals surface area contributed by atoms with Crippen LogP contribution in [0.3, 0.4) is 0 Å². The molecule has 0 unspecified atom stereocenters. The second kappa shape index (κ2) is 9.65. The number of carbonyl (C=O) groups excluding carboxylic acids is 1. The lowest BCUT2D eigenvalue weighted by atomic mass is 9.90. The molecule has 1 fully saturated rings. The van der Waals surface area contributed by atoms with Crippen molar-refractivity contribution in [1.29, 1.82) is 0 Å². The van der Waals surface area contributed by atoms with E-state index in [2.05, 4.69) is 26.8 Å². The topological polar surface area (TPSA) is 78.3 Å². The van der Waals surface area contributed by atoms with E-state index in [0.717, 1.165) is 6.07 Å². The summed E-state index contributed by atoms with van der Waals surface area (Å²) >= 11 is 5.58. The highest BCUT2D eigenvalue weighted by atomic mass is 35.5. The van der Waals surface area contributed by atoms with Gasteiger partial charge in [0.1, 0.15) is 17.3 Å². The van der Waals surface area contributed by atoms with Crippen LogP contribution in [0.15, 0.2) is 31.0 Å². The second-order valence-electron chi connectivity index (χ2n) is 6.93. The molecule has 0 radical (unpaired) electrons. The Kier molecular flexibility index (Phi) is 7.16. The third kappa shape index (κ3) is 6.66. The quantitative estimate of drug-likeness (QED) is 0.572. The SMILES string of the molecule is C=C(CCNC(=O)COc1ccc(Cl)c(F)c1)c1cnn([C@H]2C[C@@H](OC(F)(F)F)C2)n1. The van der Waals surface area contributed by atoms with Gasteiger partial charge in [-0.2, -0.15) is 15.0 Å². The molecule has 168 valence electrons. The van der Waals surface area contributed by atoms with Gasteiger partial charge >= 0.3 is 6.36 Å². The Morgan fingerprint density at radius 3 is 2.77 bits per heavy atom. The maximum atomic E-state index is 13.3. The monoisotopic (exact) mass is 462 g/mol. The standard InChI is InChI=1S/C19H19ClF4N4O3/c1-11(4-5-25-18(29)10-30-13-2-3-15(20)16(21)8-13)17-9-26-28(27-17)12-6-14(7-12)31-19(22,23)24/h2-3,8-9,12,14H,1,4-7,10H2,(H,25,29)/t12-,14+. The maximum absolute atomic E-state index is 13.3. The van der Waals surface area contributed by atoms with E-state index in [1.165, 1.54) is 23.1 Å². The Bertz CT molecular complexity index is 944. The first-order valence-electron chi connectivity index (χ1n) is 9.30. The van der Waals surface area contributed by atoms with Crippen LogP contribution >= 0.6 is 11.6 Å². The number of alkyl halides is 3. The normalized spacial score (nSPS) is 18.4. The van der Waals surface area contributed by atoms with Crippen molar-refractivity contribution in [3.63, 3.8) is 0 Å². The zero-order valence-electron chi connectivity index (χ0n) is 16.2. The van der Waals surface area contributed by atoms with Gasteiger partial charge in [0, 0.05) is 12.6 Å². The summed E-state index contributed by atoms with van der Waals surface area (Å²) in [6.45, 7) is 3.85. The van der Waals surface area contributed by atoms with Crippen LogP contribution < -0.4 is 10.1 Å². The minimum Gasteiger partial charge on any atom is -0.484 e. The Morgan fingerprint density at radius 1 is 1.35 bits per heavy atom. The maximum Gasteiger partial charge on any atom is 0.522 e. The molecule has 1 heterocycles. The van der Waals surface area contributed by atoms with Gasteiger partial charge in [-0.15, -0.1) is 13.2 Å². The molecule has 0 atom stereocenters. The molecule has 7 nitrogen and oxygen atoms in total. The van der Waals surface area contributed by atoms with E-state index in [-0.39, 0.29) is 42.8 Å². The van der Waals surface area contributed by atoms with Gasteiger partial charge in [-0.05, 0) is 37.0 Å². The van der Waals surface area contributed by atoms with Crippen LogP contribution in [0, 0.1) is 5.82 Å². The largest absolute Gasteiger partial charge is 0.522 e. The highest BCUT2D eigenvalue weighted by Crippen LogP contribution is 2.37. The van der Waals surface area contributed by atoms with Crippen LogP contribution in [0.1, 0.15) is 31.0 Å². The van der Waals surface area contributed by atoms with Gasteiger partial charge in [0.05, 0.1) is 23.4 Å². The van der Waals surface area contributed by atoms with Crippen molar-refractivity contribution in [3.8, 4) is 5.75 Å². The first kappa shape index (κ1) is 23.0. The van der Waals surface area contributed by atoms with Crippen LogP contribution in [-0.4, -0.2) is 46.5 Å². The van der Waals surface area contributed by atoms with E-state index in [9.17, 15) is 22.4 Å². The molecular formula is C19H19ClF4N4O3. The van der Waals surface area contributed by atoms with Gasteiger partial charge in [-0.25, -0.2) is 4.39 Å². The summed E-state index contributed by atoms with van der Waals surface area (Å²) < 4.78 is 59.0. The summed E-state index contributed by atoms with van der Waals surface area (Å²) in [4.78, 5) is 13.2. The van der Waals surface area contributed by atoms with Crippen LogP contribution in [-0.2, 0) is 9.53 Å². The van der Waals surface area contributed by atoms with Crippen molar-refractivity contribution in [2.75, 3.05) is 13.2 Å². The predicted molar refractivity (Wildman–Crippen MR) is 103 cm³/mol. The summed E-state index contributed by atoms with van der Waals surface area (Å²) in [5.74, 6) is -0.872. The van der Waals surface area contributed by atoms with Gasteiger partial charge in [-0.1, -0.05) is 18.2 Å². The van der Waals surface area contributed by atoms with E-state index in [1.807, 2.05) is 0 Å². The number of rotatable bonds is 9. The number of hydrogen-bond acceptors (Lipinski definition) is 5. The zero-order valence-corrected chi connectivity index (χ0v) is 16.9. The molecular weight excluding hydrogens is 444 g/mol. The highest BCUT2D eigenvalue weighted by Gasteiger charge is 2.41. The zero-order chi connectivity index (χ0) is 22.6. The molecule has 1 saturated carbocycles. The van der Waals surface area contributed by atoms with Crippen molar-refractivity contribution in [1.82, 2.24) is 20.3 Å². The average Bonchev–Trinajstić information content (AvgIpc) is 3.14. The van der Waals surface area contributed by atoms with Gasteiger partial charge < -0.3 is 10.1 Å². The number of benzene rings is 1. The number of carbonyl (C=O) groups is 1. The Balaban J connectivity index is 1.36. The van der Waals surface area contributed by atoms with E-state index in [4.69, 9.17) is 16.3 Å². The molecule has 1 N–H and O–H groups in total. The molecule has 1 aromatic carbocycles. The van der Waals surface area contributed by atoms with Crippen molar-refractivity contribution in [2.45, 2.75) is 37.8 Å². The van der Waals surface area contributed by atoms with Crippen molar-refractivity contribution >= 4 is 23.1 Å². The minimum atomic E-state index is -4.65. The smallest absolute Gasteiger partial charge is 0.484 e. The van der Waals surface area contributed by atoms with E-state index in [1.54, 1.807) is 0 Å². The number of aromatic nitrogens is 3. The van der Waals surface area contributed by atoms with Crippen molar-refractivity contribution in [2.24, 2.45) is 0 Å². The first-order chi connectivity index (χ1) is 14.6.